The van der Waals surface area contributed by atoms with Gasteiger partial charge in [-0.2, -0.15) is 0 Å². The Hall–Kier alpha value is -2.62. The average Bonchev–Trinajstić information content (AvgIpc) is 2.49. The second kappa shape index (κ2) is 6.89. The van der Waals surface area contributed by atoms with Gasteiger partial charge in [0.15, 0.2) is 0 Å². The molecule has 0 unspecified atom stereocenters. The van der Waals surface area contributed by atoms with Crippen LogP contribution in [0.1, 0.15) is 39.5 Å². The summed E-state index contributed by atoms with van der Waals surface area (Å²) in [6, 6.07) is 14.1. The monoisotopic (exact) mass is 297 g/mol. The molecule has 0 saturated heterocycles. The summed E-state index contributed by atoms with van der Waals surface area (Å²) in [7, 11) is 0. The second-order valence-corrected chi connectivity index (χ2v) is 5.28. The number of hydrogen-bond acceptors (Lipinski definition) is 2. The summed E-state index contributed by atoms with van der Waals surface area (Å²) in [4.78, 5) is 23.5. The van der Waals surface area contributed by atoms with Crippen LogP contribution in [0.3, 0.4) is 0 Å². The molecule has 114 valence electrons. The summed E-state index contributed by atoms with van der Waals surface area (Å²) in [6.07, 6.45) is -0.152. The van der Waals surface area contributed by atoms with Crippen molar-refractivity contribution in [2.75, 3.05) is 0 Å². The normalized spacial score (nSPS) is 11.7. The Morgan fingerprint density at radius 3 is 2.36 bits per heavy atom. The third kappa shape index (κ3) is 3.73. The zero-order valence-electron chi connectivity index (χ0n) is 12.7. The largest absolute Gasteiger partial charge is 0.481 e. The molecule has 2 rings (SSSR count). The Morgan fingerprint density at radius 1 is 1.05 bits per heavy atom. The van der Waals surface area contributed by atoms with E-state index in [1.807, 2.05) is 56.3 Å². The van der Waals surface area contributed by atoms with E-state index in [1.165, 1.54) is 0 Å². The van der Waals surface area contributed by atoms with Crippen LogP contribution in [0.4, 0.5) is 0 Å². The molecule has 0 aromatic heterocycles. The maximum atomic E-state index is 12.5. The van der Waals surface area contributed by atoms with E-state index >= 15 is 0 Å². The fourth-order valence-electron chi connectivity index (χ4n) is 2.35. The van der Waals surface area contributed by atoms with Gasteiger partial charge in [0.1, 0.15) is 0 Å². The average molecular weight is 297 g/mol. The topological polar surface area (TPSA) is 66.4 Å². The molecule has 1 atom stereocenters. The van der Waals surface area contributed by atoms with Crippen molar-refractivity contribution in [1.29, 1.82) is 0 Å². The molecule has 22 heavy (non-hydrogen) atoms. The van der Waals surface area contributed by atoms with Gasteiger partial charge in [-0.15, -0.1) is 0 Å². The van der Waals surface area contributed by atoms with Crippen LogP contribution in [0.2, 0.25) is 0 Å². The standard InChI is InChI=1S/C18H19NO3/c1-12-7-6-10-15(13(12)2)18(22)19-16(11-17(20)21)14-8-4-3-5-9-14/h3-10,16H,11H2,1-2H3,(H,19,22)(H,20,21)/t16-/m0/s1. The Bertz CT molecular complexity index is 680. The fourth-order valence-corrected chi connectivity index (χ4v) is 2.35. The lowest BCUT2D eigenvalue weighted by Gasteiger charge is -2.18. The van der Waals surface area contributed by atoms with Crippen molar-refractivity contribution in [3.05, 3.63) is 70.8 Å². The SMILES string of the molecule is Cc1cccc(C(=O)N[C@@H](CC(=O)O)c2ccccc2)c1C. The van der Waals surface area contributed by atoms with Crippen LogP contribution in [0.5, 0.6) is 0 Å². The number of aryl methyl sites for hydroxylation is 1. The third-order valence-electron chi connectivity index (χ3n) is 3.74. The number of amides is 1. The molecule has 0 aliphatic heterocycles. The lowest BCUT2D eigenvalue weighted by atomic mass is 10.0. The molecule has 2 N–H and O–H groups in total. The molecule has 0 bridgehead atoms. The predicted molar refractivity (Wildman–Crippen MR) is 84.8 cm³/mol. The summed E-state index contributed by atoms with van der Waals surface area (Å²) in [5, 5.41) is 11.9. The Balaban J connectivity index is 2.25. The smallest absolute Gasteiger partial charge is 0.305 e. The third-order valence-corrected chi connectivity index (χ3v) is 3.74. The number of aliphatic carboxylic acids is 1. The van der Waals surface area contributed by atoms with Gasteiger partial charge in [0, 0.05) is 5.56 Å². The Morgan fingerprint density at radius 2 is 1.73 bits per heavy atom. The molecule has 0 radical (unpaired) electrons. The van der Waals surface area contributed by atoms with Crippen LogP contribution >= 0.6 is 0 Å². The lowest BCUT2D eigenvalue weighted by molar-refractivity contribution is -0.137. The van der Waals surface area contributed by atoms with E-state index in [0.29, 0.717) is 5.56 Å². The van der Waals surface area contributed by atoms with Gasteiger partial charge in [0.2, 0.25) is 0 Å². The number of benzene rings is 2. The molecule has 0 spiro atoms. The van der Waals surface area contributed by atoms with Crippen molar-refractivity contribution in [1.82, 2.24) is 5.32 Å². The molecular formula is C18H19NO3. The predicted octanol–water partition coefficient (Wildman–Crippen LogP) is 3.25. The summed E-state index contributed by atoms with van der Waals surface area (Å²) in [6.45, 7) is 3.83. The summed E-state index contributed by atoms with van der Waals surface area (Å²) < 4.78 is 0. The molecule has 2 aromatic carbocycles. The van der Waals surface area contributed by atoms with E-state index < -0.39 is 12.0 Å². The number of rotatable bonds is 5. The minimum Gasteiger partial charge on any atom is -0.481 e. The van der Waals surface area contributed by atoms with Gasteiger partial charge < -0.3 is 10.4 Å². The first kappa shape index (κ1) is 15.8. The van der Waals surface area contributed by atoms with E-state index in [0.717, 1.165) is 16.7 Å². The minimum absolute atomic E-state index is 0.152. The number of carboxylic acid groups (broad SMARTS) is 1. The fraction of sp³-hybridized carbons (Fsp3) is 0.222. The molecular weight excluding hydrogens is 278 g/mol. The zero-order valence-corrected chi connectivity index (χ0v) is 12.7. The molecule has 2 aromatic rings. The molecule has 4 heteroatoms. The second-order valence-electron chi connectivity index (χ2n) is 5.28. The quantitative estimate of drug-likeness (QED) is 0.890. The zero-order chi connectivity index (χ0) is 16.1. The number of carbonyl (C=O) groups is 2. The number of carboxylic acids is 1. The van der Waals surface area contributed by atoms with Gasteiger partial charge in [0.25, 0.3) is 5.91 Å². The number of carbonyl (C=O) groups excluding carboxylic acids is 1. The molecule has 1 amide bonds. The van der Waals surface area contributed by atoms with Crippen LogP contribution in [-0.2, 0) is 4.79 Å². The summed E-state index contributed by atoms with van der Waals surface area (Å²) in [5.74, 6) is -1.20. The minimum atomic E-state index is -0.949. The van der Waals surface area contributed by atoms with Crippen LogP contribution < -0.4 is 5.32 Å². The van der Waals surface area contributed by atoms with Crippen molar-refractivity contribution in [3.8, 4) is 0 Å². The van der Waals surface area contributed by atoms with Crippen molar-refractivity contribution in [2.45, 2.75) is 26.3 Å². The van der Waals surface area contributed by atoms with E-state index in [1.54, 1.807) is 6.07 Å². The molecule has 4 nitrogen and oxygen atoms in total. The van der Waals surface area contributed by atoms with Crippen molar-refractivity contribution >= 4 is 11.9 Å². The highest BCUT2D eigenvalue weighted by Gasteiger charge is 2.19. The summed E-state index contributed by atoms with van der Waals surface area (Å²) in [5.41, 5.74) is 3.29. The van der Waals surface area contributed by atoms with Gasteiger partial charge in [0.05, 0.1) is 12.5 Å². The first-order valence-corrected chi connectivity index (χ1v) is 7.13. The molecule has 0 aliphatic carbocycles. The highest BCUT2D eigenvalue weighted by molar-refractivity contribution is 5.96. The van der Waals surface area contributed by atoms with Crippen LogP contribution in [0.25, 0.3) is 0 Å². The highest BCUT2D eigenvalue weighted by atomic mass is 16.4. The molecule has 0 saturated carbocycles. The molecule has 0 heterocycles. The van der Waals surface area contributed by atoms with Crippen LogP contribution in [-0.4, -0.2) is 17.0 Å². The van der Waals surface area contributed by atoms with Crippen LogP contribution in [0, 0.1) is 13.8 Å². The Kier molecular flexibility index (Phi) is 4.94. The molecule has 0 aliphatic rings. The van der Waals surface area contributed by atoms with Crippen molar-refractivity contribution in [3.63, 3.8) is 0 Å². The highest BCUT2D eigenvalue weighted by Crippen LogP contribution is 2.19. The van der Waals surface area contributed by atoms with E-state index in [9.17, 15) is 9.59 Å². The molecule has 0 fully saturated rings. The van der Waals surface area contributed by atoms with Gasteiger partial charge in [-0.1, -0.05) is 42.5 Å². The Labute approximate surface area is 129 Å². The maximum Gasteiger partial charge on any atom is 0.305 e. The van der Waals surface area contributed by atoms with Gasteiger partial charge in [-0.05, 0) is 36.6 Å². The van der Waals surface area contributed by atoms with Gasteiger partial charge in [-0.3, -0.25) is 9.59 Å². The maximum absolute atomic E-state index is 12.5. The van der Waals surface area contributed by atoms with Gasteiger partial charge >= 0.3 is 5.97 Å². The van der Waals surface area contributed by atoms with E-state index in [-0.39, 0.29) is 12.3 Å². The van der Waals surface area contributed by atoms with E-state index in [4.69, 9.17) is 5.11 Å². The number of hydrogen-bond donors (Lipinski definition) is 2. The summed E-state index contributed by atoms with van der Waals surface area (Å²) >= 11 is 0. The van der Waals surface area contributed by atoms with Crippen LogP contribution in [0.15, 0.2) is 48.5 Å². The lowest BCUT2D eigenvalue weighted by Crippen LogP contribution is -2.30. The first-order chi connectivity index (χ1) is 10.5. The van der Waals surface area contributed by atoms with E-state index in [2.05, 4.69) is 5.32 Å². The number of nitrogens with one attached hydrogen (secondary N) is 1. The first-order valence-electron chi connectivity index (χ1n) is 7.13. The van der Waals surface area contributed by atoms with Gasteiger partial charge in [-0.25, -0.2) is 0 Å². The van der Waals surface area contributed by atoms with Crippen molar-refractivity contribution in [2.24, 2.45) is 0 Å². The van der Waals surface area contributed by atoms with Crippen molar-refractivity contribution < 1.29 is 14.7 Å².